The third-order valence-corrected chi connectivity index (χ3v) is 2.54. The second kappa shape index (κ2) is 3.81. The predicted molar refractivity (Wildman–Crippen MR) is 38.1 cm³/mol. The first-order valence-electron chi connectivity index (χ1n) is 3.11. The largest absolute Gasteiger partial charge is 0.470 e. The third-order valence-electron chi connectivity index (χ3n) is 1.09. The van der Waals surface area contributed by atoms with E-state index < -0.39 is 28.0 Å². The minimum Gasteiger partial charge on any atom is -0.206 e. The highest BCUT2D eigenvalue weighted by Gasteiger charge is 2.67. The van der Waals surface area contributed by atoms with Crippen LogP contribution in [0.4, 0.5) is 22.0 Å². The van der Waals surface area contributed by atoms with E-state index in [0.29, 0.717) is 0 Å². The Balaban J connectivity index is 4.99. The van der Waals surface area contributed by atoms with E-state index >= 15 is 0 Å². The van der Waals surface area contributed by atoms with Gasteiger partial charge in [0.25, 0.3) is 10.0 Å². The van der Waals surface area contributed by atoms with Gasteiger partial charge in [0.1, 0.15) is 0 Å². The molecule has 0 radical (unpaired) electrons. The average molecular weight is 239 g/mol. The van der Waals surface area contributed by atoms with Gasteiger partial charge >= 0.3 is 11.4 Å². The van der Waals surface area contributed by atoms with Crippen LogP contribution in [0.25, 0.3) is 0 Å². The van der Waals surface area contributed by atoms with Crippen LogP contribution in [0.3, 0.4) is 0 Å². The lowest BCUT2D eigenvalue weighted by Gasteiger charge is -2.19. The van der Waals surface area contributed by atoms with Gasteiger partial charge in [0.15, 0.2) is 0 Å². The molecule has 0 saturated heterocycles. The molecule has 0 unspecified atom stereocenters. The molecular formula is C5H6F5NO2S. The first-order valence-corrected chi connectivity index (χ1v) is 4.59. The SMILES string of the molecule is C=CCNS(=O)(=O)C(F)(F)C(F)(F)F. The van der Waals surface area contributed by atoms with Crippen molar-refractivity contribution in [3.8, 4) is 0 Å². The fourth-order valence-corrected chi connectivity index (χ4v) is 1.23. The molecule has 0 heterocycles. The number of sulfonamides is 1. The fraction of sp³-hybridized carbons (Fsp3) is 0.600. The monoisotopic (exact) mass is 239 g/mol. The molecule has 0 bridgehead atoms. The van der Waals surface area contributed by atoms with Gasteiger partial charge in [-0.25, -0.2) is 13.1 Å². The van der Waals surface area contributed by atoms with Crippen molar-refractivity contribution in [1.29, 1.82) is 0 Å². The molecule has 0 amide bonds. The number of hydrogen-bond donors (Lipinski definition) is 1. The summed E-state index contributed by atoms with van der Waals surface area (Å²) in [7, 11) is -5.76. The summed E-state index contributed by atoms with van der Waals surface area (Å²) in [4.78, 5) is 0. The summed E-state index contributed by atoms with van der Waals surface area (Å²) >= 11 is 0. The first kappa shape index (κ1) is 13.3. The Morgan fingerprint density at radius 1 is 1.21 bits per heavy atom. The van der Waals surface area contributed by atoms with Gasteiger partial charge in [0, 0.05) is 6.54 Å². The van der Waals surface area contributed by atoms with Crippen LogP contribution in [-0.4, -0.2) is 26.4 Å². The van der Waals surface area contributed by atoms with Crippen molar-refractivity contribution in [2.45, 2.75) is 11.4 Å². The van der Waals surface area contributed by atoms with Crippen LogP contribution in [0, 0.1) is 0 Å². The van der Waals surface area contributed by atoms with E-state index in [2.05, 4.69) is 6.58 Å². The average Bonchev–Trinajstić information content (AvgIpc) is 1.98. The van der Waals surface area contributed by atoms with Crippen LogP contribution in [-0.2, 0) is 10.0 Å². The van der Waals surface area contributed by atoms with Gasteiger partial charge in [-0.15, -0.1) is 6.58 Å². The van der Waals surface area contributed by atoms with Gasteiger partial charge in [-0.1, -0.05) is 6.08 Å². The Morgan fingerprint density at radius 2 is 1.64 bits per heavy atom. The van der Waals surface area contributed by atoms with Crippen molar-refractivity contribution in [2.75, 3.05) is 6.54 Å². The molecule has 0 saturated carbocycles. The van der Waals surface area contributed by atoms with Gasteiger partial charge < -0.3 is 0 Å². The summed E-state index contributed by atoms with van der Waals surface area (Å²) in [5, 5.41) is -5.80. The molecule has 0 atom stereocenters. The lowest BCUT2D eigenvalue weighted by Crippen LogP contribution is -2.49. The Bertz CT molecular complexity index is 307. The first-order chi connectivity index (χ1) is 6.06. The molecule has 0 rings (SSSR count). The molecular weight excluding hydrogens is 233 g/mol. The summed E-state index contributed by atoms with van der Waals surface area (Å²) < 4.78 is 81.0. The summed E-state index contributed by atoms with van der Waals surface area (Å²) in [6.07, 6.45) is -5.30. The molecule has 14 heavy (non-hydrogen) atoms. The lowest BCUT2D eigenvalue weighted by molar-refractivity contribution is -0.241. The molecule has 0 aliphatic carbocycles. The van der Waals surface area contributed by atoms with Crippen molar-refractivity contribution in [3.63, 3.8) is 0 Å². The van der Waals surface area contributed by atoms with Crippen molar-refractivity contribution in [1.82, 2.24) is 4.72 Å². The minimum atomic E-state index is -6.14. The van der Waals surface area contributed by atoms with Crippen LogP contribution in [0.2, 0.25) is 0 Å². The van der Waals surface area contributed by atoms with E-state index in [1.54, 1.807) is 0 Å². The van der Waals surface area contributed by atoms with Crippen molar-refractivity contribution < 1.29 is 30.4 Å². The normalized spacial score (nSPS) is 14.1. The van der Waals surface area contributed by atoms with Crippen LogP contribution in [0.5, 0.6) is 0 Å². The number of halogens is 5. The maximum Gasteiger partial charge on any atom is 0.470 e. The molecule has 0 fully saturated rings. The fourth-order valence-electron chi connectivity index (χ4n) is 0.412. The third kappa shape index (κ3) is 2.41. The summed E-state index contributed by atoms with van der Waals surface area (Å²) in [5.41, 5.74) is 0. The summed E-state index contributed by atoms with van der Waals surface area (Å²) in [5.74, 6) is 0. The van der Waals surface area contributed by atoms with Crippen LogP contribution in [0.15, 0.2) is 12.7 Å². The molecule has 0 aromatic rings. The van der Waals surface area contributed by atoms with Gasteiger partial charge in [-0.3, -0.25) is 0 Å². The van der Waals surface area contributed by atoms with Gasteiger partial charge in [-0.05, 0) is 0 Å². The number of rotatable bonds is 4. The second-order valence-corrected chi connectivity index (χ2v) is 3.96. The van der Waals surface area contributed by atoms with E-state index in [1.807, 2.05) is 0 Å². The van der Waals surface area contributed by atoms with Gasteiger partial charge in [0.2, 0.25) is 0 Å². The molecule has 0 aliphatic heterocycles. The van der Waals surface area contributed by atoms with Gasteiger partial charge in [0.05, 0.1) is 0 Å². The molecule has 84 valence electrons. The zero-order valence-electron chi connectivity index (χ0n) is 6.61. The molecule has 9 heteroatoms. The van der Waals surface area contributed by atoms with E-state index in [0.717, 1.165) is 10.8 Å². The molecule has 3 nitrogen and oxygen atoms in total. The lowest BCUT2D eigenvalue weighted by atomic mass is 10.7. The zero-order chi connectivity index (χ0) is 11.6. The topological polar surface area (TPSA) is 46.2 Å². The highest BCUT2D eigenvalue weighted by Crippen LogP contribution is 2.39. The number of hydrogen-bond acceptors (Lipinski definition) is 2. The number of nitrogens with one attached hydrogen (secondary N) is 1. The zero-order valence-corrected chi connectivity index (χ0v) is 7.42. The Labute approximate surface area is 76.6 Å². The minimum absolute atomic E-state index is 0.700. The van der Waals surface area contributed by atoms with E-state index in [9.17, 15) is 30.4 Å². The number of alkyl halides is 5. The van der Waals surface area contributed by atoms with E-state index in [4.69, 9.17) is 0 Å². The predicted octanol–water partition coefficient (Wildman–Crippen LogP) is 1.25. The molecule has 1 N–H and O–H groups in total. The van der Waals surface area contributed by atoms with E-state index in [-0.39, 0.29) is 0 Å². The molecule has 0 spiro atoms. The second-order valence-electron chi connectivity index (χ2n) is 2.16. The maximum atomic E-state index is 12.2. The summed E-state index contributed by atoms with van der Waals surface area (Å²) in [6, 6.07) is 0. The molecule has 0 aliphatic rings. The van der Waals surface area contributed by atoms with Crippen LogP contribution >= 0.6 is 0 Å². The molecule has 0 aromatic heterocycles. The maximum absolute atomic E-state index is 12.2. The van der Waals surface area contributed by atoms with Crippen molar-refractivity contribution in [2.24, 2.45) is 0 Å². The van der Waals surface area contributed by atoms with Crippen LogP contribution in [0.1, 0.15) is 0 Å². The van der Waals surface area contributed by atoms with E-state index in [1.165, 1.54) is 0 Å². The Kier molecular flexibility index (Phi) is 3.62. The Hall–Kier alpha value is -0.700. The standard InChI is InChI=1S/C5H6F5NO2S/c1-2-3-11-14(12,13)5(9,10)4(6,7)8/h2,11H,1,3H2. The van der Waals surface area contributed by atoms with Crippen LogP contribution < -0.4 is 4.72 Å². The van der Waals surface area contributed by atoms with Crippen molar-refractivity contribution >= 4 is 10.0 Å². The smallest absolute Gasteiger partial charge is 0.206 e. The quantitative estimate of drug-likeness (QED) is 0.592. The highest BCUT2D eigenvalue weighted by atomic mass is 32.2. The van der Waals surface area contributed by atoms with Crippen molar-refractivity contribution in [3.05, 3.63) is 12.7 Å². The van der Waals surface area contributed by atoms with Gasteiger partial charge in [-0.2, -0.15) is 22.0 Å². The molecule has 0 aromatic carbocycles. The Morgan fingerprint density at radius 3 is 1.93 bits per heavy atom. The highest BCUT2D eigenvalue weighted by molar-refractivity contribution is 7.90. The summed E-state index contributed by atoms with van der Waals surface area (Å²) in [6.45, 7) is 2.25.